The van der Waals surface area contributed by atoms with Gasteiger partial charge in [-0.25, -0.2) is 8.96 Å². The second kappa shape index (κ2) is 8.77. The molecule has 0 amide bonds. The molecule has 4 saturated carbocycles. The first kappa shape index (κ1) is 26.5. The Labute approximate surface area is 200 Å². The van der Waals surface area contributed by atoms with Gasteiger partial charge in [-0.15, -0.1) is 0 Å². The van der Waals surface area contributed by atoms with E-state index >= 15 is 4.39 Å². The van der Waals surface area contributed by atoms with Crippen molar-refractivity contribution >= 4 is 13.8 Å². The number of carboxylic acid groups (broad SMARTS) is 1. The van der Waals surface area contributed by atoms with Gasteiger partial charge in [-0.3, -0.25) is 9.32 Å². The third-order valence-electron chi connectivity index (χ3n) is 10.6. The maximum absolute atomic E-state index is 16.1. The van der Waals surface area contributed by atoms with Crippen LogP contribution in [-0.2, 0) is 13.9 Å². The van der Waals surface area contributed by atoms with Crippen LogP contribution in [0.5, 0.6) is 0 Å². The zero-order valence-corrected chi connectivity index (χ0v) is 21.2. The Balaban J connectivity index is 1.60. The van der Waals surface area contributed by atoms with Gasteiger partial charge in [-0.2, -0.15) is 0 Å². The lowest BCUT2D eigenvalue weighted by Crippen LogP contribution is -2.65. The lowest BCUT2D eigenvalue weighted by molar-refractivity contribution is -0.284. The fraction of sp³-hybridized carbons (Fsp3) is 0.958. The Bertz CT molecular complexity index is 847. The molecule has 0 aromatic carbocycles. The van der Waals surface area contributed by atoms with E-state index in [1.165, 1.54) is 0 Å². The Kier molecular flexibility index (Phi) is 6.84. The summed E-state index contributed by atoms with van der Waals surface area (Å²) in [6.07, 6.45) is 2.22. The highest BCUT2D eigenvalue weighted by atomic mass is 31.2. The zero-order valence-electron chi connectivity index (χ0n) is 20.3. The number of carboxylic acids is 1. The zero-order chi connectivity index (χ0) is 25.3. The topological polar surface area (TPSA) is 145 Å². The van der Waals surface area contributed by atoms with Crippen molar-refractivity contribution in [1.29, 1.82) is 0 Å². The van der Waals surface area contributed by atoms with Crippen molar-refractivity contribution in [2.75, 3.05) is 0 Å². The summed E-state index contributed by atoms with van der Waals surface area (Å²) in [6, 6.07) is 0. The van der Waals surface area contributed by atoms with Crippen molar-refractivity contribution in [2.24, 2.45) is 46.3 Å². The molecule has 0 heterocycles. The van der Waals surface area contributed by atoms with Crippen LogP contribution >= 0.6 is 7.82 Å². The van der Waals surface area contributed by atoms with Crippen LogP contribution in [0.2, 0.25) is 0 Å². The van der Waals surface area contributed by atoms with Crippen LogP contribution in [0.4, 0.5) is 4.39 Å². The summed E-state index contributed by atoms with van der Waals surface area (Å²) >= 11 is 0. The average Bonchev–Trinajstić information content (AvgIpc) is 3.05. The monoisotopic (exact) mass is 506 g/mol. The Morgan fingerprint density at radius 2 is 1.85 bits per heavy atom. The van der Waals surface area contributed by atoms with E-state index in [1.54, 1.807) is 0 Å². The van der Waals surface area contributed by atoms with Crippen molar-refractivity contribution in [3.05, 3.63) is 0 Å². The highest BCUT2D eigenvalue weighted by molar-refractivity contribution is 7.46. The maximum Gasteiger partial charge on any atom is 0.469 e. The normalized spacial score (nSPS) is 49.6. The fourth-order valence-corrected chi connectivity index (χ4v) is 9.52. The first-order chi connectivity index (χ1) is 15.6. The van der Waals surface area contributed by atoms with Crippen molar-refractivity contribution in [1.82, 2.24) is 0 Å². The van der Waals surface area contributed by atoms with Gasteiger partial charge >= 0.3 is 13.8 Å². The number of hydrogen-bond acceptors (Lipinski definition) is 5. The SMILES string of the molecule is CC(CCC(=O)O)C1CCC2C3C(CC(O)C12C)C1(C)CCC(OP(=O)(O)O)CC1CC3(O)F. The van der Waals surface area contributed by atoms with E-state index in [0.29, 0.717) is 32.1 Å². The summed E-state index contributed by atoms with van der Waals surface area (Å²) in [5.74, 6) is -4.56. The molecule has 4 aliphatic carbocycles. The molecule has 0 saturated heterocycles. The number of aliphatic hydroxyl groups is 2. The van der Waals surface area contributed by atoms with Crippen LogP contribution in [0.1, 0.15) is 78.6 Å². The molecule has 34 heavy (non-hydrogen) atoms. The van der Waals surface area contributed by atoms with Gasteiger partial charge < -0.3 is 25.1 Å². The summed E-state index contributed by atoms with van der Waals surface area (Å²) in [6.45, 7) is 6.10. The molecule has 0 aromatic rings. The average molecular weight is 507 g/mol. The summed E-state index contributed by atoms with van der Waals surface area (Å²) in [5, 5.41) is 31.8. The lowest BCUT2D eigenvalue weighted by atomic mass is 9.42. The van der Waals surface area contributed by atoms with E-state index in [0.717, 1.165) is 6.42 Å². The highest BCUT2D eigenvalue weighted by Gasteiger charge is 2.69. The van der Waals surface area contributed by atoms with Gasteiger partial charge in [0.15, 0.2) is 0 Å². The molecule has 0 radical (unpaired) electrons. The minimum atomic E-state index is -4.66. The number of aliphatic carboxylic acids is 1. The summed E-state index contributed by atoms with van der Waals surface area (Å²) in [7, 11) is -4.66. The second-order valence-corrected chi connectivity index (χ2v) is 13.4. The number of carbonyl (C=O) groups is 1. The van der Waals surface area contributed by atoms with Gasteiger partial charge in [0.1, 0.15) is 0 Å². The predicted octanol–water partition coefficient (Wildman–Crippen LogP) is 3.86. The molecule has 11 atom stereocenters. The van der Waals surface area contributed by atoms with Crippen LogP contribution in [0.3, 0.4) is 0 Å². The second-order valence-electron chi connectivity index (χ2n) is 12.2. The van der Waals surface area contributed by atoms with Crippen LogP contribution < -0.4 is 0 Å². The summed E-state index contributed by atoms with van der Waals surface area (Å²) < 4.78 is 32.4. The largest absolute Gasteiger partial charge is 0.481 e. The first-order valence-electron chi connectivity index (χ1n) is 12.6. The Hall–Kier alpha value is -0.570. The van der Waals surface area contributed by atoms with E-state index in [-0.39, 0.29) is 54.3 Å². The number of hydrogen-bond donors (Lipinski definition) is 5. The molecular formula is C24H40FO8P. The van der Waals surface area contributed by atoms with Crippen LogP contribution in [0.25, 0.3) is 0 Å². The number of aliphatic hydroxyl groups excluding tert-OH is 1. The van der Waals surface area contributed by atoms with Gasteiger partial charge in [-0.1, -0.05) is 20.8 Å². The third kappa shape index (κ3) is 4.39. The molecule has 196 valence electrons. The van der Waals surface area contributed by atoms with E-state index in [9.17, 15) is 29.4 Å². The van der Waals surface area contributed by atoms with Crippen molar-refractivity contribution in [2.45, 2.75) is 96.6 Å². The molecule has 0 spiro atoms. The van der Waals surface area contributed by atoms with Crippen LogP contribution in [0, 0.1) is 46.3 Å². The lowest BCUT2D eigenvalue weighted by Gasteiger charge is -2.64. The third-order valence-corrected chi connectivity index (χ3v) is 11.2. The number of rotatable bonds is 6. The number of phosphoric ester groups is 1. The fourth-order valence-electron chi connectivity index (χ4n) is 8.94. The van der Waals surface area contributed by atoms with Gasteiger partial charge in [0.2, 0.25) is 5.85 Å². The molecule has 0 aromatic heterocycles. The van der Waals surface area contributed by atoms with E-state index in [2.05, 4.69) is 6.92 Å². The van der Waals surface area contributed by atoms with Crippen molar-refractivity contribution in [3.8, 4) is 0 Å². The molecule has 8 nitrogen and oxygen atoms in total. The number of fused-ring (bicyclic) bond motifs is 5. The number of phosphoric acid groups is 1. The summed E-state index contributed by atoms with van der Waals surface area (Å²) in [5.41, 5.74) is -0.962. The molecule has 10 heteroatoms. The highest BCUT2D eigenvalue weighted by Crippen LogP contribution is 2.70. The molecule has 4 fully saturated rings. The van der Waals surface area contributed by atoms with Crippen LogP contribution in [-0.4, -0.2) is 49.1 Å². The first-order valence-corrected chi connectivity index (χ1v) is 14.2. The van der Waals surface area contributed by atoms with E-state index in [1.807, 2.05) is 13.8 Å². The molecule has 0 aliphatic heterocycles. The summed E-state index contributed by atoms with van der Waals surface area (Å²) in [4.78, 5) is 29.6. The number of halogens is 1. The predicted molar refractivity (Wildman–Crippen MR) is 121 cm³/mol. The molecular weight excluding hydrogens is 466 g/mol. The quantitative estimate of drug-likeness (QED) is 0.342. The smallest absolute Gasteiger partial charge is 0.469 e. The van der Waals surface area contributed by atoms with Crippen LogP contribution in [0.15, 0.2) is 0 Å². The molecule has 5 N–H and O–H groups in total. The number of alkyl halides is 1. The minimum absolute atomic E-state index is 0.0570. The molecule has 0 bridgehead atoms. The standard InChI is InChI=1S/C24H40FO8P/c1-13(4-7-20(27)28)16-5-6-17-21-18(11-19(26)23(16,17)3)22(2)9-8-15(33-34(30,31)32)10-14(22)12-24(21,25)29/h13-19,21,26,29H,4-12H2,1-3H3,(H,27,28)(H2,30,31,32). The Morgan fingerprint density at radius 3 is 2.47 bits per heavy atom. The maximum atomic E-state index is 16.1. The van der Waals surface area contributed by atoms with Crippen molar-refractivity contribution in [3.63, 3.8) is 0 Å². The van der Waals surface area contributed by atoms with Gasteiger partial charge in [-0.05, 0) is 85.4 Å². The van der Waals surface area contributed by atoms with Gasteiger partial charge in [0, 0.05) is 18.8 Å². The molecule has 4 rings (SSSR count). The minimum Gasteiger partial charge on any atom is -0.481 e. The van der Waals surface area contributed by atoms with Gasteiger partial charge in [0.05, 0.1) is 12.2 Å². The van der Waals surface area contributed by atoms with Crippen molar-refractivity contribution < 1.29 is 43.4 Å². The molecule has 4 aliphatic rings. The Morgan fingerprint density at radius 1 is 1.18 bits per heavy atom. The van der Waals surface area contributed by atoms with Gasteiger partial charge in [0.25, 0.3) is 0 Å². The molecule has 11 unspecified atom stereocenters. The van der Waals surface area contributed by atoms with E-state index < -0.39 is 43.2 Å². The van der Waals surface area contributed by atoms with E-state index in [4.69, 9.17) is 9.63 Å².